The summed E-state index contributed by atoms with van der Waals surface area (Å²) in [6.45, 7) is 1.34. The van der Waals surface area contributed by atoms with Crippen LogP contribution in [0.4, 0.5) is 0 Å². The number of aromatic nitrogens is 1. The molecule has 1 aliphatic rings. The summed E-state index contributed by atoms with van der Waals surface area (Å²) in [5.41, 5.74) is 1.81. The standard InChI is InChI=1S/C19H24N2O5/c1-25-14-4-5-17-16(10-14)13(11-20-17)9-18(22)21(7-6-19(23)24)12-15-3-2-8-26-15/h4-5,10-11,15,20H,2-3,6-9,12H2,1H3,(H,23,24). The Morgan fingerprint density at radius 1 is 1.42 bits per heavy atom. The van der Waals surface area contributed by atoms with Crippen molar-refractivity contribution in [3.05, 3.63) is 30.0 Å². The minimum Gasteiger partial charge on any atom is -0.497 e. The van der Waals surface area contributed by atoms with E-state index in [1.165, 1.54) is 0 Å². The smallest absolute Gasteiger partial charge is 0.305 e. The highest BCUT2D eigenvalue weighted by atomic mass is 16.5. The number of hydrogen-bond donors (Lipinski definition) is 2. The molecule has 2 heterocycles. The Bertz CT molecular complexity index is 779. The van der Waals surface area contributed by atoms with Gasteiger partial charge >= 0.3 is 5.97 Å². The summed E-state index contributed by atoms with van der Waals surface area (Å²) in [6, 6.07) is 5.67. The highest BCUT2D eigenvalue weighted by Gasteiger charge is 2.23. The quantitative estimate of drug-likeness (QED) is 0.753. The fourth-order valence-electron chi connectivity index (χ4n) is 3.29. The van der Waals surface area contributed by atoms with E-state index in [9.17, 15) is 9.59 Å². The van der Waals surface area contributed by atoms with Crippen LogP contribution in [-0.4, -0.2) is 59.8 Å². The van der Waals surface area contributed by atoms with Crippen molar-refractivity contribution in [1.82, 2.24) is 9.88 Å². The van der Waals surface area contributed by atoms with Crippen molar-refractivity contribution < 1.29 is 24.2 Å². The number of methoxy groups -OCH3 is 1. The average molecular weight is 360 g/mol. The van der Waals surface area contributed by atoms with Gasteiger partial charge in [-0.3, -0.25) is 9.59 Å². The molecule has 3 rings (SSSR count). The van der Waals surface area contributed by atoms with Crippen molar-refractivity contribution in [2.45, 2.75) is 31.8 Å². The van der Waals surface area contributed by atoms with E-state index in [4.69, 9.17) is 14.6 Å². The van der Waals surface area contributed by atoms with Crippen LogP contribution in [0.3, 0.4) is 0 Å². The highest BCUT2D eigenvalue weighted by molar-refractivity contribution is 5.90. The first-order valence-electron chi connectivity index (χ1n) is 8.82. The molecular formula is C19H24N2O5. The van der Waals surface area contributed by atoms with Crippen molar-refractivity contribution in [2.75, 3.05) is 26.8 Å². The van der Waals surface area contributed by atoms with Crippen LogP contribution < -0.4 is 4.74 Å². The average Bonchev–Trinajstić information content (AvgIpc) is 3.28. The minimum atomic E-state index is -0.910. The van der Waals surface area contributed by atoms with Gasteiger partial charge < -0.3 is 24.5 Å². The number of nitrogens with zero attached hydrogens (tertiary/aromatic N) is 1. The molecule has 7 heteroatoms. The van der Waals surface area contributed by atoms with Gasteiger partial charge in [-0.1, -0.05) is 0 Å². The molecule has 0 saturated carbocycles. The summed E-state index contributed by atoms with van der Waals surface area (Å²) in [6.07, 6.45) is 3.84. The van der Waals surface area contributed by atoms with Crippen molar-refractivity contribution in [1.29, 1.82) is 0 Å². The SMILES string of the molecule is COc1ccc2[nH]cc(CC(=O)N(CCC(=O)O)CC3CCCO3)c2c1. The summed E-state index contributed by atoms with van der Waals surface area (Å²) in [4.78, 5) is 28.6. The molecule has 1 aromatic carbocycles. The van der Waals surface area contributed by atoms with Crippen molar-refractivity contribution in [3.63, 3.8) is 0 Å². The predicted octanol–water partition coefficient (Wildman–Crippen LogP) is 2.20. The molecule has 140 valence electrons. The molecule has 7 nitrogen and oxygen atoms in total. The molecule has 2 aromatic rings. The van der Waals surface area contributed by atoms with Gasteiger partial charge in [0.2, 0.25) is 5.91 Å². The molecular weight excluding hydrogens is 336 g/mol. The number of carbonyl (C=O) groups excluding carboxylic acids is 1. The predicted molar refractivity (Wildman–Crippen MR) is 96.4 cm³/mol. The van der Waals surface area contributed by atoms with E-state index >= 15 is 0 Å². The number of hydrogen-bond acceptors (Lipinski definition) is 4. The van der Waals surface area contributed by atoms with Gasteiger partial charge in [0.1, 0.15) is 5.75 Å². The molecule has 1 saturated heterocycles. The topological polar surface area (TPSA) is 91.9 Å². The van der Waals surface area contributed by atoms with Gasteiger partial charge in [0.05, 0.1) is 26.1 Å². The third-order valence-electron chi connectivity index (χ3n) is 4.71. The Kier molecular flexibility index (Phi) is 5.78. The Hall–Kier alpha value is -2.54. The maximum absolute atomic E-state index is 12.8. The number of fused-ring (bicyclic) bond motifs is 1. The molecule has 1 fully saturated rings. The molecule has 26 heavy (non-hydrogen) atoms. The summed E-state index contributed by atoms with van der Waals surface area (Å²) in [5, 5.41) is 9.91. The Morgan fingerprint density at radius 2 is 2.27 bits per heavy atom. The number of carboxylic acid groups (broad SMARTS) is 1. The van der Waals surface area contributed by atoms with E-state index < -0.39 is 5.97 Å². The number of benzene rings is 1. The Labute approximate surface area is 151 Å². The van der Waals surface area contributed by atoms with Crippen molar-refractivity contribution in [2.24, 2.45) is 0 Å². The van der Waals surface area contributed by atoms with Crippen LogP contribution in [0.2, 0.25) is 0 Å². The monoisotopic (exact) mass is 360 g/mol. The van der Waals surface area contributed by atoms with Crippen LogP contribution in [0, 0.1) is 0 Å². The maximum Gasteiger partial charge on any atom is 0.305 e. The van der Waals surface area contributed by atoms with Crippen LogP contribution in [0.1, 0.15) is 24.8 Å². The fraction of sp³-hybridized carbons (Fsp3) is 0.474. The van der Waals surface area contributed by atoms with Gasteiger partial charge in [-0.2, -0.15) is 0 Å². The zero-order valence-corrected chi connectivity index (χ0v) is 14.9. The molecule has 0 aliphatic carbocycles. The fourth-order valence-corrected chi connectivity index (χ4v) is 3.29. The summed E-state index contributed by atoms with van der Waals surface area (Å²) in [7, 11) is 1.61. The summed E-state index contributed by atoms with van der Waals surface area (Å²) < 4.78 is 10.9. The van der Waals surface area contributed by atoms with E-state index in [2.05, 4.69) is 4.98 Å². The number of carbonyl (C=O) groups is 2. The van der Waals surface area contributed by atoms with Gasteiger partial charge in [0.25, 0.3) is 0 Å². The van der Waals surface area contributed by atoms with Gasteiger partial charge in [-0.25, -0.2) is 0 Å². The first kappa shape index (κ1) is 18.3. The zero-order valence-electron chi connectivity index (χ0n) is 14.9. The van der Waals surface area contributed by atoms with E-state index in [-0.39, 0.29) is 31.4 Å². The molecule has 1 atom stereocenters. The number of rotatable bonds is 8. The second kappa shape index (κ2) is 8.23. The van der Waals surface area contributed by atoms with Crippen LogP contribution in [-0.2, 0) is 20.7 Å². The molecule has 1 aliphatic heterocycles. The molecule has 0 radical (unpaired) electrons. The first-order chi connectivity index (χ1) is 12.6. The second-order valence-corrected chi connectivity index (χ2v) is 6.52. The highest BCUT2D eigenvalue weighted by Crippen LogP contribution is 2.24. The Morgan fingerprint density at radius 3 is 2.96 bits per heavy atom. The number of nitrogens with one attached hydrogen (secondary N) is 1. The van der Waals surface area contributed by atoms with Gasteiger partial charge in [0, 0.05) is 36.8 Å². The van der Waals surface area contributed by atoms with Crippen LogP contribution in [0.25, 0.3) is 10.9 Å². The number of aromatic amines is 1. The Balaban J connectivity index is 1.74. The van der Waals surface area contributed by atoms with Crippen molar-refractivity contribution in [3.8, 4) is 5.75 Å². The van der Waals surface area contributed by atoms with Gasteiger partial charge in [0.15, 0.2) is 0 Å². The molecule has 1 amide bonds. The second-order valence-electron chi connectivity index (χ2n) is 6.52. The normalized spacial score (nSPS) is 16.7. The third-order valence-corrected chi connectivity index (χ3v) is 4.71. The summed E-state index contributed by atoms with van der Waals surface area (Å²) >= 11 is 0. The molecule has 1 unspecified atom stereocenters. The number of ether oxygens (including phenoxy) is 2. The van der Waals surface area contributed by atoms with Crippen LogP contribution in [0.5, 0.6) is 5.75 Å². The molecule has 0 bridgehead atoms. The van der Waals surface area contributed by atoms with Gasteiger partial charge in [-0.05, 0) is 36.6 Å². The minimum absolute atomic E-state index is 0.00388. The largest absolute Gasteiger partial charge is 0.497 e. The number of amides is 1. The lowest BCUT2D eigenvalue weighted by Gasteiger charge is -2.25. The lowest BCUT2D eigenvalue weighted by molar-refractivity contribution is -0.139. The van der Waals surface area contributed by atoms with Gasteiger partial charge in [-0.15, -0.1) is 0 Å². The van der Waals surface area contributed by atoms with Crippen molar-refractivity contribution >= 4 is 22.8 Å². The lowest BCUT2D eigenvalue weighted by atomic mass is 10.1. The molecule has 1 aromatic heterocycles. The lowest BCUT2D eigenvalue weighted by Crippen LogP contribution is -2.39. The zero-order chi connectivity index (χ0) is 18.5. The number of aliphatic carboxylic acids is 1. The van der Waals surface area contributed by atoms with E-state index in [1.807, 2.05) is 24.4 Å². The van der Waals surface area contributed by atoms with E-state index in [0.29, 0.717) is 13.2 Å². The maximum atomic E-state index is 12.8. The molecule has 2 N–H and O–H groups in total. The van der Waals surface area contributed by atoms with Crippen LogP contribution in [0.15, 0.2) is 24.4 Å². The van der Waals surface area contributed by atoms with E-state index in [1.54, 1.807) is 12.0 Å². The van der Waals surface area contributed by atoms with E-state index in [0.717, 1.165) is 35.1 Å². The first-order valence-corrected chi connectivity index (χ1v) is 8.82. The molecule has 0 spiro atoms. The number of carboxylic acids is 1. The third kappa shape index (κ3) is 4.35. The number of H-pyrrole nitrogens is 1. The van der Waals surface area contributed by atoms with Crippen LogP contribution >= 0.6 is 0 Å². The summed E-state index contributed by atoms with van der Waals surface area (Å²) in [5.74, 6) is -0.273.